The third-order valence-corrected chi connectivity index (χ3v) is 3.68. The first kappa shape index (κ1) is 15.3. The minimum absolute atomic E-state index is 0.225. The van der Waals surface area contributed by atoms with Crippen molar-refractivity contribution < 1.29 is 9.84 Å². The number of ether oxygens (including phenoxy) is 1. The van der Waals surface area contributed by atoms with Gasteiger partial charge in [0.1, 0.15) is 5.75 Å². The van der Waals surface area contributed by atoms with E-state index < -0.39 is 6.10 Å². The maximum Gasteiger partial charge on any atom is 0.125 e. The standard InChI is InChI=1S/C14H22ClNO2/c1-8-7-12(15)9(2)11(14(8)18-4)5-6-13(17)10(3)16/h7,10,13,17H,5-6,16H2,1-4H3. The van der Waals surface area contributed by atoms with Crippen molar-refractivity contribution in [3.63, 3.8) is 0 Å². The number of benzene rings is 1. The first-order valence-electron chi connectivity index (χ1n) is 6.14. The van der Waals surface area contributed by atoms with Crippen LogP contribution in [0.2, 0.25) is 5.02 Å². The second kappa shape index (κ2) is 6.41. The largest absolute Gasteiger partial charge is 0.496 e. The first-order chi connectivity index (χ1) is 8.38. The molecule has 0 spiro atoms. The smallest absolute Gasteiger partial charge is 0.125 e. The van der Waals surface area contributed by atoms with Crippen molar-refractivity contribution >= 4 is 11.6 Å². The highest BCUT2D eigenvalue weighted by Crippen LogP contribution is 2.33. The van der Waals surface area contributed by atoms with E-state index in [9.17, 15) is 5.11 Å². The summed E-state index contributed by atoms with van der Waals surface area (Å²) in [6, 6.07) is 1.68. The van der Waals surface area contributed by atoms with Crippen LogP contribution < -0.4 is 10.5 Å². The Morgan fingerprint density at radius 1 is 1.44 bits per heavy atom. The van der Waals surface area contributed by atoms with Crippen molar-refractivity contribution in [3.05, 3.63) is 27.8 Å². The molecule has 0 amide bonds. The molecule has 0 fully saturated rings. The number of rotatable bonds is 5. The normalized spacial score (nSPS) is 14.4. The van der Waals surface area contributed by atoms with Gasteiger partial charge in [-0.2, -0.15) is 0 Å². The summed E-state index contributed by atoms with van der Waals surface area (Å²) in [6.45, 7) is 5.74. The highest BCUT2D eigenvalue weighted by molar-refractivity contribution is 6.31. The van der Waals surface area contributed by atoms with E-state index in [2.05, 4.69) is 0 Å². The van der Waals surface area contributed by atoms with Gasteiger partial charge in [-0.1, -0.05) is 11.6 Å². The summed E-state index contributed by atoms with van der Waals surface area (Å²) in [5.74, 6) is 0.855. The van der Waals surface area contributed by atoms with Crippen LogP contribution in [0, 0.1) is 13.8 Å². The van der Waals surface area contributed by atoms with E-state index in [1.165, 1.54) is 0 Å². The van der Waals surface area contributed by atoms with E-state index in [0.717, 1.165) is 27.5 Å². The summed E-state index contributed by atoms with van der Waals surface area (Å²) in [5, 5.41) is 10.5. The molecule has 1 aromatic rings. The molecule has 2 unspecified atom stereocenters. The predicted octanol–water partition coefficient (Wildman–Crippen LogP) is 2.61. The van der Waals surface area contributed by atoms with Crippen molar-refractivity contribution in [1.29, 1.82) is 0 Å². The van der Waals surface area contributed by atoms with Crippen molar-refractivity contribution in [3.8, 4) is 5.75 Å². The van der Waals surface area contributed by atoms with Crippen LogP contribution >= 0.6 is 11.6 Å². The van der Waals surface area contributed by atoms with Crippen LogP contribution in [-0.2, 0) is 6.42 Å². The van der Waals surface area contributed by atoms with Crippen LogP contribution in [0.15, 0.2) is 6.07 Å². The number of hydrogen-bond donors (Lipinski definition) is 2. The zero-order chi connectivity index (χ0) is 13.9. The molecular weight excluding hydrogens is 250 g/mol. The van der Waals surface area contributed by atoms with Crippen LogP contribution in [0.25, 0.3) is 0 Å². The van der Waals surface area contributed by atoms with Gasteiger partial charge in [-0.25, -0.2) is 0 Å². The van der Waals surface area contributed by atoms with Gasteiger partial charge in [0.05, 0.1) is 13.2 Å². The molecule has 0 aliphatic carbocycles. The highest BCUT2D eigenvalue weighted by Gasteiger charge is 2.16. The fraction of sp³-hybridized carbons (Fsp3) is 0.571. The molecule has 0 aliphatic heterocycles. The second-order valence-electron chi connectivity index (χ2n) is 4.78. The number of hydrogen-bond acceptors (Lipinski definition) is 3. The minimum atomic E-state index is -0.506. The number of halogens is 1. The van der Waals surface area contributed by atoms with E-state index in [-0.39, 0.29) is 6.04 Å². The third-order valence-electron chi connectivity index (χ3n) is 3.29. The molecule has 3 N–H and O–H groups in total. The Morgan fingerprint density at radius 2 is 2.06 bits per heavy atom. The number of aliphatic hydroxyl groups is 1. The van der Waals surface area contributed by atoms with Crippen molar-refractivity contribution in [2.75, 3.05) is 7.11 Å². The van der Waals surface area contributed by atoms with Crippen molar-refractivity contribution in [2.45, 2.75) is 45.8 Å². The number of aliphatic hydroxyl groups excluding tert-OH is 1. The average molecular weight is 272 g/mol. The fourth-order valence-electron chi connectivity index (χ4n) is 2.06. The van der Waals surface area contributed by atoms with E-state index in [0.29, 0.717) is 12.8 Å². The van der Waals surface area contributed by atoms with Gasteiger partial charge in [-0.15, -0.1) is 0 Å². The Bertz CT molecular complexity index is 419. The summed E-state index contributed by atoms with van der Waals surface area (Å²) >= 11 is 6.18. The predicted molar refractivity (Wildman–Crippen MR) is 75.5 cm³/mol. The van der Waals surface area contributed by atoms with E-state index >= 15 is 0 Å². The average Bonchev–Trinajstić information content (AvgIpc) is 2.31. The lowest BCUT2D eigenvalue weighted by atomic mass is 9.96. The van der Waals surface area contributed by atoms with Crippen LogP contribution in [0.1, 0.15) is 30.0 Å². The molecule has 0 aromatic heterocycles. The fourth-order valence-corrected chi connectivity index (χ4v) is 2.33. The van der Waals surface area contributed by atoms with Crippen LogP contribution in [0.3, 0.4) is 0 Å². The van der Waals surface area contributed by atoms with Gasteiger partial charge in [0.2, 0.25) is 0 Å². The monoisotopic (exact) mass is 271 g/mol. The maximum absolute atomic E-state index is 9.78. The van der Waals surface area contributed by atoms with Crippen LogP contribution in [0.5, 0.6) is 5.75 Å². The number of aryl methyl sites for hydroxylation is 1. The zero-order valence-corrected chi connectivity index (χ0v) is 12.2. The molecule has 0 aliphatic rings. The molecule has 0 bridgehead atoms. The van der Waals surface area contributed by atoms with Gasteiger partial charge in [0, 0.05) is 11.1 Å². The summed E-state index contributed by atoms with van der Waals surface area (Å²) in [7, 11) is 1.65. The molecule has 4 heteroatoms. The number of nitrogens with two attached hydrogens (primary N) is 1. The first-order valence-corrected chi connectivity index (χ1v) is 6.52. The van der Waals surface area contributed by atoms with Gasteiger partial charge >= 0.3 is 0 Å². The summed E-state index contributed by atoms with van der Waals surface area (Å²) in [6.07, 6.45) is 0.807. The molecule has 1 rings (SSSR count). The molecule has 3 nitrogen and oxygen atoms in total. The van der Waals surface area contributed by atoms with Gasteiger partial charge in [-0.3, -0.25) is 0 Å². The Morgan fingerprint density at radius 3 is 2.56 bits per heavy atom. The SMILES string of the molecule is COc1c(C)cc(Cl)c(C)c1CCC(O)C(C)N. The topological polar surface area (TPSA) is 55.5 Å². The Kier molecular flexibility index (Phi) is 5.45. The Labute approximate surface area is 114 Å². The third kappa shape index (κ3) is 3.37. The van der Waals surface area contributed by atoms with Crippen molar-refractivity contribution in [2.24, 2.45) is 5.73 Å². The quantitative estimate of drug-likeness (QED) is 0.866. The van der Waals surface area contributed by atoms with E-state index in [1.807, 2.05) is 19.9 Å². The van der Waals surface area contributed by atoms with Crippen LogP contribution in [0.4, 0.5) is 0 Å². The van der Waals surface area contributed by atoms with E-state index in [1.54, 1.807) is 14.0 Å². The molecule has 0 saturated carbocycles. The summed E-state index contributed by atoms with van der Waals surface area (Å²) in [5.41, 5.74) is 8.74. The maximum atomic E-state index is 9.78. The molecule has 0 heterocycles. The lowest BCUT2D eigenvalue weighted by Gasteiger charge is -2.18. The molecule has 18 heavy (non-hydrogen) atoms. The minimum Gasteiger partial charge on any atom is -0.496 e. The molecule has 2 atom stereocenters. The van der Waals surface area contributed by atoms with E-state index in [4.69, 9.17) is 22.1 Å². The lowest BCUT2D eigenvalue weighted by molar-refractivity contribution is 0.141. The molecule has 1 aromatic carbocycles. The van der Waals surface area contributed by atoms with Crippen LogP contribution in [-0.4, -0.2) is 24.4 Å². The summed E-state index contributed by atoms with van der Waals surface area (Å²) < 4.78 is 5.43. The Balaban J connectivity index is 3.00. The van der Waals surface area contributed by atoms with Gasteiger partial charge < -0.3 is 15.6 Å². The number of methoxy groups -OCH3 is 1. The lowest BCUT2D eigenvalue weighted by Crippen LogP contribution is -2.31. The molecular formula is C14H22ClNO2. The van der Waals surface area contributed by atoms with Crippen molar-refractivity contribution in [1.82, 2.24) is 0 Å². The van der Waals surface area contributed by atoms with Gasteiger partial charge in [-0.05, 0) is 56.4 Å². The van der Waals surface area contributed by atoms with Gasteiger partial charge in [0.15, 0.2) is 0 Å². The molecule has 0 radical (unpaired) electrons. The zero-order valence-electron chi connectivity index (χ0n) is 11.5. The Hall–Kier alpha value is -0.770. The summed E-state index contributed by atoms with van der Waals surface area (Å²) in [4.78, 5) is 0. The molecule has 102 valence electrons. The molecule has 0 saturated heterocycles. The second-order valence-corrected chi connectivity index (χ2v) is 5.18. The highest BCUT2D eigenvalue weighted by atomic mass is 35.5. The van der Waals surface area contributed by atoms with Gasteiger partial charge in [0.25, 0.3) is 0 Å².